The minimum absolute atomic E-state index is 0.0586. The zero-order valence-electron chi connectivity index (χ0n) is 11.6. The predicted octanol–water partition coefficient (Wildman–Crippen LogP) is 2.88. The summed E-state index contributed by atoms with van der Waals surface area (Å²) in [5, 5.41) is 0. The lowest BCUT2D eigenvalue weighted by Gasteiger charge is -2.32. The summed E-state index contributed by atoms with van der Waals surface area (Å²) in [4.78, 5) is 6.26. The van der Waals surface area contributed by atoms with Crippen molar-refractivity contribution in [2.45, 2.75) is 38.9 Å². The quantitative estimate of drug-likeness (QED) is 0.929. The molecule has 1 aromatic heterocycles. The Kier molecular flexibility index (Phi) is 4.52. The Hall–Kier alpha value is -1.30. The lowest BCUT2D eigenvalue weighted by atomic mass is 9.99. The fraction of sp³-hybridized carbons (Fsp3) is 0.643. The average Bonchev–Trinajstić information content (AvgIpc) is 2.38. The van der Waals surface area contributed by atoms with Gasteiger partial charge in [0.25, 0.3) is 0 Å². The summed E-state index contributed by atoms with van der Waals surface area (Å²) in [5.41, 5.74) is 6.54. The molecule has 2 N–H and O–H groups in total. The number of nitrogens with two attached hydrogens (primary N) is 1. The van der Waals surface area contributed by atoms with Crippen LogP contribution in [0.1, 0.15) is 31.0 Å². The first-order chi connectivity index (χ1) is 9.39. The molecule has 3 nitrogen and oxygen atoms in total. The van der Waals surface area contributed by atoms with Gasteiger partial charge in [-0.15, -0.1) is 0 Å². The van der Waals surface area contributed by atoms with Gasteiger partial charge in [0, 0.05) is 25.2 Å². The van der Waals surface area contributed by atoms with Gasteiger partial charge in [-0.05, 0) is 24.8 Å². The summed E-state index contributed by atoms with van der Waals surface area (Å²) in [6.07, 6.45) is -3.15. The van der Waals surface area contributed by atoms with Crippen molar-refractivity contribution < 1.29 is 13.2 Å². The van der Waals surface area contributed by atoms with Crippen molar-refractivity contribution in [2.24, 2.45) is 11.7 Å². The van der Waals surface area contributed by atoms with E-state index in [1.165, 1.54) is 6.07 Å². The highest BCUT2D eigenvalue weighted by Crippen LogP contribution is 2.27. The molecule has 0 aromatic carbocycles. The van der Waals surface area contributed by atoms with Crippen molar-refractivity contribution in [3.63, 3.8) is 0 Å². The van der Waals surface area contributed by atoms with Crippen molar-refractivity contribution in [2.75, 3.05) is 18.0 Å². The molecule has 2 rings (SSSR count). The summed E-state index contributed by atoms with van der Waals surface area (Å²) in [7, 11) is 0. The maximum Gasteiger partial charge on any atom is 0.394 e. The number of anilines is 1. The van der Waals surface area contributed by atoms with Gasteiger partial charge in [-0.2, -0.15) is 13.2 Å². The second-order valence-electron chi connectivity index (χ2n) is 5.45. The van der Waals surface area contributed by atoms with Crippen molar-refractivity contribution in [1.29, 1.82) is 0 Å². The highest BCUT2D eigenvalue weighted by Gasteiger charge is 2.29. The first-order valence-electron chi connectivity index (χ1n) is 6.89. The Bertz CT molecular complexity index is 451. The van der Waals surface area contributed by atoms with Crippen LogP contribution in [0.2, 0.25) is 0 Å². The Morgan fingerprint density at radius 2 is 1.95 bits per heavy atom. The molecule has 1 saturated heterocycles. The molecule has 20 heavy (non-hydrogen) atoms. The standard InChI is InChI=1S/C14H20F3N3/c1-10-4-6-20(7-5-10)13-11(9-18)2-3-12(19-13)8-14(15,16)17/h2-3,10H,4-9,18H2,1H3. The summed E-state index contributed by atoms with van der Waals surface area (Å²) in [5.74, 6) is 1.28. The SMILES string of the molecule is CC1CCN(c2nc(CC(F)(F)F)ccc2CN)CC1. The third kappa shape index (κ3) is 3.85. The summed E-state index contributed by atoms with van der Waals surface area (Å²) >= 11 is 0. The van der Waals surface area contributed by atoms with Crippen LogP contribution in [0.25, 0.3) is 0 Å². The molecule has 6 heteroatoms. The molecule has 0 aliphatic carbocycles. The minimum atomic E-state index is -4.23. The molecular weight excluding hydrogens is 267 g/mol. The zero-order valence-corrected chi connectivity index (χ0v) is 11.6. The topological polar surface area (TPSA) is 42.2 Å². The van der Waals surface area contributed by atoms with Crippen LogP contribution < -0.4 is 10.6 Å². The van der Waals surface area contributed by atoms with E-state index < -0.39 is 12.6 Å². The maximum absolute atomic E-state index is 12.5. The lowest BCUT2D eigenvalue weighted by Crippen LogP contribution is -2.34. The molecule has 1 fully saturated rings. The van der Waals surface area contributed by atoms with E-state index in [9.17, 15) is 13.2 Å². The van der Waals surface area contributed by atoms with Crippen molar-refractivity contribution in [1.82, 2.24) is 4.98 Å². The molecule has 2 heterocycles. The predicted molar refractivity (Wildman–Crippen MR) is 72.5 cm³/mol. The molecule has 112 valence electrons. The van der Waals surface area contributed by atoms with E-state index in [0.717, 1.165) is 31.5 Å². The van der Waals surface area contributed by atoms with Crippen LogP contribution in [0, 0.1) is 5.92 Å². The summed E-state index contributed by atoms with van der Waals surface area (Å²) in [6.45, 7) is 4.14. The highest BCUT2D eigenvalue weighted by molar-refractivity contribution is 5.48. The average molecular weight is 287 g/mol. The fourth-order valence-electron chi connectivity index (χ4n) is 2.47. The van der Waals surface area contributed by atoms with Crippen LogP contribution in [-0.4, -0.2) is 24.2 Å². The monoisotopic (exact) mass is 287 g/mol. The van der Waals surface area contributed by atoms with Gasteiger partial charge in [-0.25, -0.2) is 4.98 Å². The Balaban J connectivity index is 2.22. The molecule has 1 aliphatic rings. The molecule has 0 bridgehead atoms. The Morgan fingerprint density at radius 1 is 1.30 bits per heavy atom. The molecule has 1 aromatic rings. The minimum Gasteiger partial charge on any atom is -0.356 e. The lowest BCUT2D eigenvalue weighted by molar-refractivity contribution is -0.127. The molecule has 0 radical (unpaired) electrons. The summed E-state index contributed by atoms with van der Waals surface area (Å²) < 4.78 is 37.4. The smallest absolute Gasteiger partial charge is 0.356 e. The number of alkyl halides is 3. The van der Waals surface area contributed by atoms with Crippen LogP contribution in [0.3, 0.4) is 0 Å². The zero-order chi connectivity index (χ0) is 14.8. The molecule has 0 amide bonds. The molecule has 1 aliphatic heterocycles. The number of aromatic nitrogens is 1. The van der Waals surface area contributed by atoms with E-state index in [2.05, 4.69) is 16.8 Å². The number of hydrogen-bond acceptors (Lipinski definition) is 3. The maximum atomic E-state index is 12.5. The fourth-order valence-corrected chi connectivity index (χ4v) is 2.47. The van der Waals surface area contributed by atoms with E-state index in [4.69, 9.17) is 5.73 Å². The molecular formula is C14H20F3N3. The van der Waals surface area contributed by atoms with Gasteiger partial charge < -0.3 is 10.6 Å². The Morgan fingerprint density at radius 3 is 2.50 bits per heavy atom. The van der Waals surface area contributed by atoms with E-state index >= 15 is 0 Å². The number of nitrogens with zero attached hydrogens (tertiary/aromatic N) is 2. The van der Waals surface area contributed by atoms with E-state index in [1.807, 2.05) is 0 Å². The normalized spacial score (nSPS) is 17.6. The van der Waals surface area contributed by atoms with Crippen molar-refractivity contribution >= 4 is 5.82 Å². The highest BCUT2D eigenvalue weighted by atomic mass is 19.4. The molecule has 0 atom stereocenters. The van der Waals surface area contributed by atoms with E-state index in [0.29, 0.717) is 18.3 Å². The first kappa shape index (κ1) is 15.1. The van der Waals surface area contributed by atoms with Crippen LogP contribution in [-0.2, 0) is 13.0 Å². The Labute approximate surface area is 117 Å². The van der Waals surface area contributed by atoms with E-state index in [1.54, 1.807) is 6.07 Å². The third-order valence-corrected chi connectivity index (χ3v) is 3.70. The molecule has 0 unspecified atom stereocenters. The van der Waals surface area contributed by atoms with Gasteiger partial charge in [0.05, 0.1) is 12.1 Å². The van der Waals surface area contributed by atoms with Crippen LogP contribution in [0.15, 0.2) is 12.1 Å². The third-order valence-electron chi connectivity index (χ3n) is 3.70. The van der Waals surface area contributed by atoms with Gasteiger partial charge in [0.1, 0.15) is 5.82 Å². The van der Waals surface area contributed by atoms with Crippen LogP contribution in [0.5, 0.6) is 0 Å². The number of hydrogen-bond donors (Lipinski definition) is 1. The second kappa shape index (κ2) is 5.99. The molecule has 0 spiro atoms. The number of pyridine rings is 1. The van der Waals surface area contributed by atoms with Gasteiger partial charge in [-0.1, -0.05) is 13.0 Å². The second-order valence-corrected chi connectivity index (χ2v) is 5.45. The van der Waals surface area contributed by atoms with Crippen molar-refractivity contribution in [3.05, 3.63) is 23.4 Å². The van der Waals surface area contributed by atoms with E-state index in [-0.39, 0.29) is 5.69 Å². The van der Waals surface area contributed by atoms with Crippen LogP contribution >= 0.6 is 0 Å². The molecule has 0 saturated carbocycles. The van der Waals surface area contributed by atoms with Gasteiger partial charge in [0.15, 0.2) is 0 Å². The van der Waals surface area contributed by atoms with Crippen molar-refractivity contribution in [3.8, 4) is 0 Å². The number of halogens is 3. The van der Waals surface area contributed by atoms with Gasteiger partial charge in [-0.3, -0.25) is 0 Å². The number of rotatable bonds is 3. The summed E-state index contributed by atoms with van der Waals surface area (Å²) in [6, 6.07) is 3.09. The largest absolute Gasteiger partial charge is 0.394 e. The van der Waals surface area contributed by atoms with Crippen LogP contribution in [0.4, 0.5) is 19.0 Å². The van der Waals surface area contributed by atoms with Gasteiger partial charge >= 0.3 is 6.18 Å². The number of piperidine rings is 1. The van der Waals surface area contributed by atoms with Gasteiger partial charge in [0.2, 0.25) is 0 Å². The first-order valence-corrected chi connectivity index (χ1v) is 6.89.